The van der Waals surface area contributed by atoms with Gasteiger partial charge < -0.3 is 4.90 Å². The van der Waals surface area contributed by atoms with E-state index in [0.29, 0.717) is 17.8 Å². The van der Waals surface area contributed by atoms with Crippen LogP contribution in [0, 0.1) is 5.82 Å². The third kappa shape index (κ3) is 4.01. The van der Waals surface area contributed by atoms with Crippen LogP contribution in [0.1, 0.15) is 54.4 Å². The minimum Gasteiger partial charge on any atom is -0.308 e. The highest BCUT2D eigenvalue weighted by molar-refractivity contribution is 7.89. The highest BCUT2D eigenvalue weighted by atomic mass is 32.2. The molecule has 2 aromatic carbocycles. The van der Waals surface area contributed by atoms with E-state index in [0.717, 1.165) is 50.5 Å². The lowest BCUT2D eigenvalue weighted by Gasteiger charge is -2.31. The van der Waals surface area contributed by atoms with E-state index in [2.05, 4.69) is 0 Å². The molecule has 0 atom stereocenters. The molecule has 1 saturated carbocycles. The van der Waals surface area contributed by atoms with Gasteiger partial charge in [-0.2, -0.15) is 4.31 Å². The predicted molar refractivity (Wildman–Crippen MR) is 115 cm³/mol. The number of sulfonamides is 1. The Morgan fingerprint density at radius 3 is 2.60 bits per heavy atom. The van der Waals surface area contributed by atoms with Crippen LogP contribution in [0.3, 0.4) is 0 Å². The number of nitrogens with zero attached hydrogens (tertiary/aromatic N) is 2. The Hall–Kier alpha value is -2.25. The van der Waals surface area contributed by atoms with Gasteiger partial charge in [0, 0.05) is 25.2 Å². The second-order valence-corrected chi connectivity index (χ2v) is 10.2. The average molecular weight is 431 g/mol. The van der Waals surface area contributed by atoms with Gasteiger partial charge in [-0.3, -0.25) is 4.79 Å². The van der Waals surface area contributed by atoms with Crippen molar-refractivity contribution in [1.29, 1.82) is 0 Å². The van der Waals surface area contributed by atoms with Gasteiger partial charge in [0.05, 0.1) is 10.6 Å². The van der Waals surface area contributed by atoms with Crippen LogP contribution in [-0.4, -0.2) is 38.3 Å². The van der Waals surface area contributed by atoms with E-state index in [1.807, 2.05) is 0 Å². The molecule has 0 unspecified atom stereocenters. The van der Waals surface area contributed by atoms with Crippen molar-refractivity contribution in [2.75, 3.05) is 18.5 Å². The first kappa shape index (κ1) is 21.0. The molecule has 0 aromatic heterocycles. The number of amides is 1. The van der Waals surface area contributed by atoms with E-state index >= 15 is 0 Å². The molecule has 160 valence electrons. The number of benzene rings is 2. The normalized spacial score (nSPS) is 17.8. The molecule has 2 aromatic rings. The van der Waals surface area contributed by atoms with Gasteiger partial charge in [-0.1, -0.05) is 31.4 Å². The minimum atomic E-state index is -3.69. The molecule has 5 nitrogen and oxygen atoms in total. The quantitative estimate of drug-likeness (QED) is 0.724. The number of fused-ring (bicyclic) bond motifs is 1. The van der Waals surface area contributed by atoms with Crippen molar-refractivity contribution in [3.05, 3.63) is 59.4 Å². The summed E-state index contributed by atoms with van der Waals surface area (Å²) in [4.78, 5) is 14.9. The first-order valence-electron chi connectivity index (χ1n) is 10.6. The summed E-state index contributed by atoms with van der Waals surface area (Å²) in [5.74, 6) is -0.696. The second kappa shape index (κ2) is 8.47. The molecule has 30 heavy (non-hydrogen) atoms. The number of rotatable bonds is 4. The maximum atomic E-state index is 13.8. The fraction of sp³-hybridized carbons (Fsp3) is 0.435. The van der Waals surface area contributed by atoms with Crippen LogP contribution in [0.4, 0.5) is 10.1 Å². The molecular weight excluding hydrogens is 403 g/mol. The highest BCUT2D eigenvalue weighted by Crippen LogP contribution is 2.30. The Bertz CT molecular complexity index is 1050. The molecule has 0 saturated heterocycles. The summed E-state index contributed by atoms with van der Waals surface area (Å²) in [6, 6.07) is 10.7. The molecule has 1 aliphatic carbocycles. The second-order valence-electron chi connectivity index (χ2n) is 8.17. The number of anilines is 1. The van der Waals surface area contributed by atoms with Crippen LogP contribution in [0.2, 0.25) is 0 Å². The summed E-state index contributed by atoms with van der Waals surface area (Å²) in [6.07, 6.45) is 6.52. The average Bonchev–Trinajstić information content (AvgIpc) is 2.78. The molecule has 0 spiro atoms. The van der Waals surface area contributed by atoms with Gasteiger partial charge in [0.1, 0.15) is 5.82 Å². The maximum absolute atomic E-state index is 13.8. The molecule has 2 aliphatic rings. The van der Waals surface area contributed by atoms with Crippen molar-refractivity contribution in [2.45, 2.75) is 55.9 Å². The fourth-order valence-corrected chi connectivity index (χ4v) is 5.97. The molecule has 1 amide bonds. The standard InChI is InChI=1S/C23H27FN2O3S/c1-25(20-9-3-2-4-10-20)30(28,29)21-11-5-7-18(15-21)23(27)26-14-6-8-17-12-13-19(24)16-22(17)26/h5,7,11-13,15-16,20H,2-4,6,8-10,14H2,1H3. The number of hydrogen-bond donors (Lipinski definition) is 0. The molecular formula is C23H27FN2O3S. The van der Waals surface area contributed by atoms with Crippen LogP contribution in [-0.2, 0) is 16.4 Å². The van der Waals surface area contributed by atoms with Gasteiger partial charge in [0.15, 0.2) is 0 Å². The van der Waals surface area contributed by atoms with Gasteiger partial charge in [-0.05, 0) is 61.6 Å². The Balaban J connectivity index is 1.62. The van der Waals surface area contributed by atoms with Crippen molar-refractivity contribution >= 4 is 21.6 Å². The van der Waals surface area contributed by atoms with Crippen LogP contribution in [0.5, 0.6) is 0 Å². The lowest BCUT2D eigenvalue weighted by Crippen LogP contribution is -2.38. The van der Waals surface area contributed by atoms with Gasteiger partial charge in [-0.25, -0.2) is 12.8 Å². The van der Waals surface area contributed by atoms with Gasteiger partial charge in [0.2, 0.25) is 10.0 Å². The lowest BCUT2D eigenvalue weighted by molar-refractivity contribution is 0.0985. The first-order valence-corrected chi connectivity index (χ1v) is 12.0. The summed E-state index contributed by atoms with van der Waals surface area (Å²) in [7, 11) is -2.06. The molecule has 1 aliphatic heterocycles. The monoisotopic (exact) mass is 430 g/mol. The molecule has 7 heteroatoms. The van der Waals surface area contributed by atoms with Crippen molar-refractivity contribution in [3.8, 4) is 0 Å². The molecule has 1 heterocycles. The maximum Gasteiger partial charge on any atom is 0.258 e. The third-order valence-electron chi connectivity index (χ3n) is 6.26. The number of hydrogen-bond acceptors (Lipinski definition) is 3. The number of carbonyl (C=O) groups is 1. The highest BCUT2D eigenvalue weighted by Gasteiger charge is 2.30. The zero-order valence-electron chi connectivity index (χ0n) is 17.2. The van der Waals surface area contributed by atoms with Crippen molar-refractivity contribution < 1.29 is 17.6 Å². The topological polar surface area (TPSA) is 57.7 Å². The smallest absolute Gasteiger partial charge is 0.258 e. The van der Waals surface area contributed by atoms with Crippen molar-refractivity contribution in [1.82, 2.24) is 4.31 Å². The summed E-state index contributed by atoms with van der Waals surface area (Å²) in [6.45, 7) is 0.480. The minimum absolute atomic E-state index is 0.0000503. The van der Waals surface area contributed by atoms with E-state index in [-0.39, 0.29) is 22.7 Å². The van der Waals surface area contributed by atoms with Crippen LogP contribution >= 0.6 is 0 Å². The SMILES string of the molecule is CN(C1CCCCC1)S(=O)(=O)c1cccc(C(=O)N2CCCc3ccc(F)cc32)c1. The summed E-state index contributed by atoms with van der Waals surface area (Å²) >= 11 is 0. The van der Waals surface area contributed by atoms with E-state index in [4.69, 9.17) is 0 Å². The molecule has 0 N–H and O–H groups in total. The van der Waals surface area contributed by atoms with Gasteiger partial charge in [0.25, 0.3) is 5.91 Å². The van der Waals surface area contributed by atoms with E-state index < -0.39 is 10.0 Å². The number of carbonyl (C=O) groups excluding carboxylic acids is 1. The summed E-state index contributed by atoms with van der Waals surface area (Å²) in [5.41, 5.74) is 1.79. The predicted octanol–water partition coefficient (Wildman–Crippen LogP) is 4.37. The lowest BCUT2D eigenvalue weighted by atomic mass is 9.96. The van der Waals surface area contributed by atoms with Crippen LogP contribution < -0.4 is 4.90 Å². The zero-order chi connectivity index (χ0) is 21.3. The van der Waals surface area contributed by atoms with Crippen molar-refractivity contribution in [3.63, 3.8) is 0 Å². The largest absolute Gasteiger partial charge is 0.308 e. The summed E-state index contributed by atoms with van der Waals surface area (Å²) in [5, 5.41) is 0. The fourth-order valence-electron chi connectivity index (χ4n) is 4.51. The Labute approximate surface area is 177 Å². The molecule has 0 bridgehead atoms. The molecule has 0 radical (unpaired) electrons. The van der Waals surface area contributed by atoms with E-state index in [9.17, 15) is 17.6 Å². The number of aryl methyl sites for hydroxylation is 1. The Morgan fingerprint density at radius 1 is 1.07 bits per heavy atom. The molecule has 4 rings (SSSR count). The molecule has 1 fully saturated rings. The van der Waals surface area contributed by atoms with Crippen LogP contribution in [0.25, 0.3) is 0 Å². The summed E-state index contributed by atoms with van der Waals surface area (Å²) < 4.78 is 41.6. The zero-order valence-corrected chi connectivity index (χ0v) is 18.0. The number of halogens is 1. The van der Waals surface area contributed by atoms with E-state index in [1.165, 1.54) is 28.6 Å². The van der Waals surface area contributed by atoms with Gasteiger partial charge in [-0.15, -0.1) is 0 Å². The Kier molecular flexibility index (Phi) is 5.93. The Morgan fingerprint density at radius 2 is 1.83 bits per heavy atom. The van der Waals surface area contributed by atoms with Crippen LogP contribution in [0.15, 0.2) is 47.4 Å². The van der Waals surface area contributed by atoms with Gasteiger partial charge >= 0.3 is 0 Å². The first-order chi connectivity index (χ1) is 14.4. The van der Waals surface area contributed by atoms with E-state index in [1.54, 1.807) is 30.1 Å². The van der Waals surface area contributed by atoms with Crippen molar-refractivity contribution in [2.24, 2.45) is 0 Å². The third-order valence-corrected chi connectivity index (χ3v) is 8.16.